The van der Waals surface area contributed by atoms with E-state index in [-0.39, 0.29) is 0 Å². The largest absolute Gasteiger partial charge is 0.394 e. The van der Waals surface area contributed by atoms with Gasteiger partial charge >= 0.3 is 0 Å². The molecule has 0 aromatic heterocycles. The van der Waals surface area contributed by atoms with Crippen LogP contribution in [0.5, 0.6) is 0 Å². The molecule has 2 aromatic rings. The molecular weight excluding hydrogens is 286 g/mol. The standard InChI is InChI=1S/C16H19NO5/c18-8-12-13(19)14(20)15(21)16(22-12)17-11-7-3-5-9-4-1-2-6-10(9)11/h1-7,12-21H,8H2/t12-,13+,14+,15-,16-/m1/s1. The maximum absolute atomic E-state index is 10.1. The molecule has 0 amide bonds. The van der Waals surface area contributed by atoms with Gasteiger partial charge in [0, 0.05) is 11.1 Å². The summed E-state index contributed by atoms with van der Waals surface area (Å²) < 4.78 is 5.46. The third kappa shape index (κ3) is 2.67. The molecule has 3 rings (SSSR count). The maximum atomic E-state index is 10.1. The van der Waals surface area contributed by atoms with E-state index in [1.54, 1.807) is 0 Å². The Kier molecular flexibility index (Phi) is 4.28. The highest BCUT2D eigenvalue weighted by molar-refractivity contribution is 5.93. The minimum Gasteiger partial charge on any atom is -0.394 e. The van der Waals surface area contributed by atoms with Crippen LogP contribution < -0.4 is 5.32 Å². The van der Waals surface area contributed by atoms with E-state index >= 15 is 0 Å². The molecule has 118 valence electrons. The van der Waals surface area contributed by atoms with Crippen LogP contribution in [0.1, 0.15) is 0 Å². The average molecular weight is 305 g/mol. The quantitative estimate of drug-likeness (QED) is 0.549. The SMILES string of the molecule is OC[C@H]1O[C@@H](Nc2cccc3ccccc23)[C@H](O)[C@@H](O)[C@H]1O. The zero-order valence-electron chi connectivity index (χ0n) is 11.8. The van der Waals surface area contributed by atoms with E-state index in [1.807, 2.05) is 42.5 Å². The van der Waals surface area contributed by atoms with Crippen molar-refractivity contribution in [2.75, 3.05) is 11.9 Å². The van der Waals surface area contributed by atoms with Crippen LogP contribution in [-0.4, -0.2) is 57.7 Å². The average Bonchev–Trinajstić information content (AvgIpc) is 2.55. The molecule has 0 saturated carbocycles. The molecule has 5 N–H and O–H groups in total. The number of hydrogen-bond donors (Lipinski definition) is 5. The molecule has 1 saturated heterocycles. The van der Waals surface area contributed by atoms with Crippen LogP contribution in [-0.2, 0) is 4.74 Å². The number of anilines is 1. The Morgan fingerprint density at radius 2 is 1.64 bits per heavy atom. The predicted octanol–water partition coefficient (Wildman–Crippen LogP) is 0.0516. The zero-order valence-corrected chi connectivity index (χ0v) is 11.8. The van der Waals surface area contributed by atoms with E-state index < -0.39 is 37.3 Å². The number of rotatable bonds is 3. The lowest BCUT2D eigenvalue weighted by Gasteiger charge is -2.40. The number of hydrogen-bond acceptors (Lipinski definition) is 6. The van der Waals surface area contributed by atoms with Gasteiger partial charge in [0.25, 0.3) is 0 Å². The van der Waals surface area contributed by atoms with E-state index in [4.69, 9.17) is 4.74 Å². The van der Waals surface area contributed by atoms with E-state index in [0.717, 1.165) is 16.5 Å². The molecule has 6 nitrogen and oxygen atoms in total. The lowest BCUT2D eigenvalue weighted by Crippen LogP contribution is -2.60. The van der Waals surface area contributed by atoms with Crippen molar-refractivity contribution in [2.24, 2.45) is 0 Å². The normalized spacial score (nSPS) is 32.1. The molecule has 0 bridgehead atoms. The van der Waals surface area contributed by atoms with E-state index in [9.17, 15) is 20.4 Å². The van der Waals surface area contributed by atoms with Crippen LogP contribution in [0, 0.1) is 0 Å². The zero-order chi connectivity index (χ0) is 15.7. The van der Waals surface area contributed by atoms with E-state index in [1.165, 1.54) is 0 Å². The van der Waals surface area contributed by atoms with Gasteiger partial charge in [-0.05, 0) is 11.5 Å². The molecule has 0 spiro atoms. The number of nitrogens with one attached hydrogen (secondary N) is 1. The molecule has 0 radical (unpaired) electrons. The second-order valence-corrected chi connectivity index (χ2v) is 5.42. The van der Waals surface area contributed by atoms with Crippen molar-refractivity contribution >= 4 is 16.5 Å². The van der Waals surface area contributed by atoms with Crippen LogP contribution in [0.4, 0.5) is 5.69 Å². The number of fused-ring (bicyclic) bond motifs is 1. The molecule has 1 fully saturated rings. The van der Waals surface area contributed by atoms with Crippen LogP contribution in [0.15, 0.2) is 42.5 Å². The maximum Gasteiger partial charge on any atom is 0.157 e. The summed E-state index contributed by atoms with van der Waals surface area (Å²) in [6.45, 7) is -0.446. The summed E-state index contributed by atoms with van der Waals surface area (Å²) in [6.07, 6.45) is -5.91. The third-order valence-corrected chi connectivity index (χ3v) is 3.98. The number of aliphatic hydroxyl groups is 4. The molecule has 1 aliphatic heterocycles. The summed E-state index contributed by atoms with van der Waals surface area (Å²) in [7, 11) is 0. The van der Waals surface area contributed by atoms with Crippen molar-refractivity contribution in [2.45, 2.75) is 30.6 Å². The Morgan fingerprint density at radius 3 is 2.41 bits per heavy atom. The highest BCUT2D eigenvalue weighted by atomic mass is 16.6. The minimum absolute atomic E-state index is 0.446. The van der Waals surface area contributed by atoms with E-state index in [0.29, 0.717) is 0 Å². The van der Waals surface area contributed by atoms with Crippen molar-refractivity contribution in [1.82, 2.24) is 0 Å². The van der Waals surface area contributed by atoms with E-state index in [2.05, 4.69) is 5.32 Å². The molecular formula is C16H19NO5. The van der Waals surface area contributed by atoms with Gasteiger partial charge in [-0.3, -0.25) is 0 Å². The molecule has 0 unspecified atom stereocenters. The highest BCUT2D eigenvalue weighted by Gasteiger charge is 2.43. The fourth-order valence-corrected chi connectivity index (χ4v) is 2.73. The topological polar surface area (TPSA) is 102 Å². The second kappa shape index (κ2) is 6.20. The Morgan fingerprint density at radius 1 is 0.909 bits per heavy atom. The Balaban J connectivity index is 1.87. The predicted molar refractivity (Wildman–Crippen MR) is 81.3 cm³/mol. The summed E-state index contributed by atoms with van der Waals surface area (Å²) in [5.74, 6) is 0. The van der Waals surface area contributed by atoms with Crippen LogP contribution in [0.25, 0.3) is 10.8 Å². The van der Waals surface area contributed by atoms with Crippen LogP contribution in [0.2, 0.25) is 0 Å². The summed E-state index contributed by atoms with van der Waals surface area (Å²) in [5, 5.41) is 43.9. The minimum atomic E-state index is -1.39. The van der Waals surface area contributed by atoms with Gasteiger partial charge < -0.3 is 30.5 Å². The Hall–Kier alpha value is -1.70. The van der Waals surface area contributed by atoms with Crippen LogP contribution in [0.3, 0.4) is 0 Å². The molecule has 22 heavy (non-hydrogen) atoms. The van der Waals surface area contributed by atoms with Gasteiger partial charge in [0.05, 0.1) is 6.61 Å². The lowest BCUT2D eigenvalue weighted by atomic mass is 9.98. The summed E-state index contributed by atoms with van der Waals surface area (Å²) in [5.41, 5.74) is 0.738. The Labute approximate surface area is 127 Å². The third-order valence-electron chi connectivity index (χ3n) is 3.98. The van der Waals surface area contributed by atoms with Gasteiger partial charge in [-0.15, -0.1) is 0 Å². The van der Waals surface area contributed by atoms with Gasteiger partial charge in [0.2, 0.25) is 0 Å². The smallest absolute Gasteiger partial charge is 0.157 e. The number of benzene rings is 2. The monoisotopic (exact) mass is 305 g/mol. The molecule has 2 aromatic carbocycles. The fraction of sp³-hybridized carbons (Fsp3) is 0.375. The first kappa shape index (κ1) is 15.2. The molecule has 5 atom stereocenters. The van der Waals surface area contributed by atoms with Crippen molar-refractivity contribution in [1.29, 1.82) is 0 Å². The van der Waals surface area contributed by atoms with Gasteiger partial charge in [-0.2, -0.15) is 0 Å². The summed E-state index contributed by atoms with van der Waals surface area (Å²) in [4.78, 5) is 0. The van der Waals surface area contributed by atoms with Gasteiger partial charge in [-0.25, -0.2) is 0 Å². The van der Waals surface area contributed by atoms with Crippen molar-refractivity contribution in [3.8, 4) is 0 Å². The highest BCUT2D eigenvalue weighted by Crippen LogP contribution is 2.27. The van der Waals surface area contributed by atoms with Crippen molar-refractivity contribution < 1.29 is 25.2 Å². The number of ether oxygens (including phenoxy) is 1. The first-order chi connectivity index (χ1) is 10.6. The molecule has 6 heteroatoms. The van der Waals surface area contributed by atoms with Crippen molar-refractivity contribution in [3.63, 3.8) is 0 Å². The summed E-state index contributed by atoms with van der Waals surface area (Å²) in [6, 6.07) is 13.4. The van der Waals surface area contributed by atoms with Gasteiger partial charge in [0.1, 0.15) is 24.4 Å². The van der Waals surface area contributed by atoms with Crippen LogP contribution >= 0.6 is 0 Å². The molecule has 1 aliphatic rings. The Bertz CT molecular complexity index is 642. The lowest BCUT2D eigenvalue weighted by molar-refractivity contribution is -0.221. The number of aliphatic hydroxyl groups excluding tert-OH is 4. The van der Waals surface area contributed by atoms with Crippen molar-refractivity contribution in [3.05, 3.63) is 42.5 Å². The van der Waals surface area contributed by atoms with Gasteiger partial charge in [-0.1, -0.05) is 36.4 Å². The summed E-state index contributed by atoms with van der Waals surface area (Å²) >= 11 is 0. The molecule has 1 heterocycles. The molecule has 0 aliphatic carbocycles. The fourth-order valence-electron chi connectivity index (χ4n) is 2.73. The first-order valence-corrected chi connectivity index (χ1v) is 7.16. The van der Waals surface area contributed by atoms with Gasteiger partial charge in [0.15, 0.2) is 6.23 Å². The first-order valence-electron chi connectivity index (χ1n) is 7.16. The second-order valence-electron chi connectivity index (χ2n) is 5.42.